The highest BCUT2D eigenvalue weighted by Crippen LogP contribution is 2.38. The number of aryl methyl sites for hydroxylation is 1. The van der Waals surface area contributed by atoms with Crippen LogP contribution in [0.2, 0.25) is 0 Å². The highest BCUT2D eigenvalue weighted by atomic mass is 19.3. The van der Waals surface area contributed by atoms with Crippen LogP contribution in [0.3, 0.4) is 0 Å². The zero-order chi connectivity index (χ0) is 25.0. The van der Waals surface area contributed by atoms with Crippen LogP contribution in [-0.4, -0.2) is 31.9 Å². The first-order valence-electron chi connectivity index (χ1n) is 11.1. The number of esters is 1. The van der Waals surface area contributed by atoms with Gasteiger partial charge in [0.2, 0.25) is 0 Å². The van der Waals surface area contributed by atoms with Gasteiger partial charge in [-0.2, -0.15) is 8.78 Å². The largest absolute Gasteiger partial charge is 0.493 e. The predicted molar refractivity (Wildman–Crippen MR) is 130 cm³/mol. The van der Waals surface area contributed by atoms with Gasteiger partial charge in [0.1, 0.15) is 5.75 Å². The van der Waals surface area contributed by atoms with Gasteiger partial charge in [0.15, 0.2) is 0 Å². The number of carbonyl (C=O) groups is 1. The summed E-state index contributed by atoms with van der Waals surface area (Å²) in [5, 5.41) is 3.41. The minimum atomic E-state index is -2.80. The monoisotopic (exact) mass is 471 g/mol. The fourth-order valence-electron chi connectivity index (χ4n) is 4.38. The lowest BCUT2D eigenvalue weighted by Gasteiger charge is -2.19. The molecule has 0 aromatic heterocycles. The number of hydrogen-bond donors (Lipinski definition) is 2. The van der Waals surface area contributed by atoms with Crippen molar-refractivity contribution in [2.45, 2.75) is 53.1 Å². The molecule has 0 bridgehead atoms. The van der Waals surface area contributed by atoms with E-state index in [1.165, 1.54) is 7.11 Å². The Morgan fingerprint density at radius 2 is 2.00 bits per heavy atom. The van der Waals surface area contributed by atoms with Crippen molar-refractivity contribution < 1.29 is 23.0 Å². The van der Waals surface area contributed by atoms with E-state index in [1.807, 2.05) is 44.2 Å². The van der Waals surface area contributed by atoms with E-state index in [2.05, 4.69) is 10.3 Å². The molecule has 182 valence electrons. The molecule has 0 fully saturated rings. The van der Waals surface area contributed by atoms with Crippen LogP contribution in [0.15, 0.2) is 41.0 Å². The number of halogens is 2. The molecule has 8 heteroatoms. The average molecular weight is 472 g/mol. The molecule has 2 aromatic rings. The van der Waals surface area contributed by atoms with Crippen LogP contribution in [0.5, 0.6) is 5.75 Å². The fourth-order valence-corrected chi connectivity index (χ4v) is 4.38. The van der Waals surface area contributed by atoms with Gasteiger partial charge in [-0.1, -0.05) is 18.2 Å². The summed E-state index contributed by atoms with van der Waals surface area (Å²) in [6, 6.07) is 9.82. The maximum Gasteiger partial charge on any atom is 0.332 e. The molecule has 6 nitrogen and oxygen atoms in total. The van der Waals surface area contributed by atoms with Crippen molar-refractivity contribution in [3.63, 3.8) is 0 Å². The van der Waals surface area contributed by atoms with Gasteiger partial charge in [-0.05, 0) is 56.0 Å². The van der Waals surface area contributed by atoms with Crippen molar-refractivity contribution in [2.24, 2.45) is 10.7 Å². The van der Waals surface area contributed by atoms with Crippen LogP contribution in [0.1, 0.15) is 54.0 Å². The zero-order valence-corrected chi connectivity index (χ0v) is 20.2. The smallest absolute Gasteiger partial charge is 0.332 e. The number of nitrogens with zero attached hydrogens (tertiary/aromatic N) is 1. The van der Waals surface area contributed by atoms with Gasteiger partial charge < -0.3 is 20.5 Å². The van der Waals surface area contributed by atoms with E-state index in [9.17, 15) is 13.6 Å². The summed E-state index contributed by atoms with van der Waals surface area (Å²) in [7, 11) is 1.38. The van der Waals surface area contributed by atoms with E-state index in [1.54, 1.807) is 13.8 Å². The topological polar surface area (TPSA) is 85.9 Å². The molecule has 0 unspecified atom stereocenters. The van der Waals surface area contributed by atoms with E-state index >= 15 is 0 Å². The van der Waals surface area contributed by atoms with E-state index < -0.39 is 6.55 Å². The molecule has 1 aliphatic heterocycles. The number of allylic oxidation sites excluding steroid dienone is 2. The number of nitrogens with one attached hydrogen (secondary N) is 1. The number of anilines is 1. The van der Waals surface area contributed by atoms with Crippen molar-refractivity contribution in [3.05, 3.63) is 63.8 Å². The van der Waals surface area contributed by atoms with Crippen molar-refractivity contribution >= 4 is 22.9 Å². The Morgan fingerprint density at radius 1 is 1.26 bits per heavy atom. The molecular weight excluding hydrogens is 440 g/mol. The quantitative estimate of drug-likeness (QED) is 0.309. The number of fused-ring (bicyclic) bond motifs is 1. The van der Waals surface area contributed by atoms with E-state index in [4.69, 9.17) is 15.2 Å². The number of alkyl halides is 2. The van der Waals surface area contributed by atoms with Crippen molar-refractivity contribution in [2.75, 3.05) is 19.0 Å². The van der Waals surface area contributed by atoms with Crippen molar-refractivity contribution in [1.82, 2.24) is 0 Å². The highest BCUT2D eigenvalue weighted by Gasteiger charge is 2.27. The first-order chi connectivity index (χ1) is 16.1. The average Bonchev–Trinajstić information content (AvgIpc) is 3.16. The van der Waals surface area contributed by atoms with Gasteiger partial charge in [0, 0.05) is 46.8 Å². The Balaban J connectivity index is 1.83. The zero-order valence-electron chi connectivity index (χ0n) is 20.2. The minimum Gasteiger partial charge on any atom is -0.493 e. The first kappa shape index (κ1) is 25.2. The molecule has 0 radical (unpaired) electrons. The Morgan fingerprint density at radius 3 is 2.65 bits per heavy atom. The molecule has 34 heavy (non-hydrogen) atoms. The van der Waals surface area contributed by atoms with Crippen LogP contribution in [0.25, 0.3) is 5.57 Å². The third kappa shape index (κ3) is 5.55. The fraction of sp³-hybridized carbons (Fsp3) is 0.385. The van der Waals surface area contributed by atoms with Gasteiger partial charge in [-0.15, -0.1) is 0 Å². The molecule has 1 atom stereocenters. The van der Waals surface area contributed by atoms with Gasteiger partial charge in [-0.25, -0.2) is 4.99 Å². The first-order valence-corrected chi connectivity index (χ1v) is 11.1. The van der Waals surface area contributed by atoms with Crippen LogP contribution >= 0.6 is 0 Å². The van der Waals surface area contributed by atoms with Crippen molar-refractivity contribution in [3.8, 4) is 5.75 Å². The number of hydrogen-bond acceptors (Lipinski definition) is 6. The van der Waals surface area contributed by atoms with Gasteiger partial charge in [0.05, 0.1) is 20.1 Å². The number of nitrogens with two attached hydrogens (primary N) is 1. The molecule has 2 aromatic carbocycles. The second-order valence-corrected chi connectivity index (χ2v) is 8.49. The number of benzene rings is 2. The predicted octanol–water partition coefficient (Wildman–Crippen LogP) is 5.33. The summed E-state index contributed by atoms with van der Waals surface area (Å²) < 4.78 is 36.4. The second kappa shape index (κ2) is 10.7. The lowest BCUT2D eigenvalue weighted by atomic mass is 9.89. The summed E-state index contributed by atoms with van der Waals surface area (Å²) in [6.45, 7) is 5.31. The highest BCUT2D eigenvalue weighted by molar-refractivity contribution is 6.24. The maximum atomic E-state index is 12.9. The maximum absolute atomic E-state index is 12.9. The molecule has 0 saturated carbocycles. The van der Waals surface area contributed by atoms with E-state index in [-0.39, 0.29) is 24.0 Å². The Labute approximate surface area is 198 Å². The van der Waals surface area contributed by atoms with Crippen LogP contribution < -0.4 is 15.8 Å². The Kier molecular flexibility index (Phi) is 7.91. The molecule has 1 aliphatic rings. The van der Waals surface area contributed by atoms with Crippen LogP contribution in [0, 0.1) is 13.8 Å². The van der Waals surface area contributed by atoms with E-state index in [0.717, 1.165) is 39.3 Å². The number of carbonyl (C=O) groups excluding carboxylic acids is 1. The van der Waals surface area contributed by atoms with Gasteiger partial charge in [-0.3, -0.25) is 4.79 Å². The Hall–Kier alpha value is -3.42. The molecular formula is C26H31F2N3O3. The Bertz CT molecular complexity index is 1140. The summed E-state index contributed by atoms with van der Waals surface area (Å²) in [5.74, 6) is 0.480. The van der Waals surface area contributed by atoms with E-state index in [0.29, 0.717) is 24.4 Å². The third-order valence-electron chi connectivity index (χ3n) is 6.10. The molecule has 0 amide bonds. The normalized spacial score (nSPS) is 16.1. The molecule has 3 N–H and O–H groups in total. The molecule has 3 rings (SSSR count). The number of ether oxygens (including phenoxy) is 2. The standard InChI is InChI=1S/C26H31F2N3O3/c1-14-6-7-18(15(2)24(14)25(16(3)29)17(4)31-26(27)28)12-30-20-8-9-21-19(10-23(32)33-5)13-34-22(21)11-20/h6-9,11,19,26,30H,10,12-13,29H2,1-5H3/t19-/m1/s1. The van der Waals surface area contributed by atoms with Gasteiger partial charge in [0.25, 0.3) is 0 Å². The van der Waals surface area contributed by atoms with Crippen molar-refractivity contribution in [1.29, 1.82) is 0 Å². The molecule has 1 heterocycles. The van der Waals surface area contributed by atoms with Crippen LogP contribution in [-0.2, 0) is 16.1 Å². The molecule has 0 spiro atoms. The number of methoxy groups -OCH3 is 1. The van der Waals surface area contributed by atoms with Crippen LogP contribution in [0.4, 0.5) is 14.5 Å². The summed E-state index contributed by atoms with van der Waals surface area (Å²) in [6.07, 6.45) is 0.284. The lowest BCUT2D eigenvalue weighted by molar-refractivity contribution is -0.141. The number of aliphatic imine (C=N–C) groups is 1. The lowest BCUT2D eigenvalue weighted by Crippen LogP contribution is -2.12. The summed E-state index contributed by atoms with van der Waals surface area (Å²) >= 11 is 0. The second-order valence-electron chi connectivity index (χ2n) is 8.49. The summed E-state index contributed by atoms with van der Waals surface area (Å²) in [4.78, 5) is 15.1. The SMILES string of the molecule is COC(=O)C[C@@H]1COc2cc(NCc3ccc(C)c(C(C(C)=NC(F)F)=C(C)N)c3C)ccc21. The molecule has 0 aliphatic carbocycles. The third-order valence-corrected chi connectivity index (χ3v) is 6.10. The number of rotatable bonds is 8. The minimum absolute atomic E-state index is 0.0127. The summed E-state index contributed by atoms with van der Waals surface area (Å²) in [5.41, 5.74) is 12.9. The molecule has 0 saturated heterocycles. The van der Waals surface area contributed by atoms with Gasteiger partial charge >= 0.3 is 12.5 Å².